The summed E-state index contributed by atoms with van der Waals surface area (Å²) >= 11 is 4.34. The zero-order valence-corrected chi connectivity index (χ0v) is 14.1. The number of anilines is 1. The van der Waals surface area contributed by atoms with Gasteiger partial charge in [-0.2, -0.15) is 4.68 Å². The molecule has 3 aromatic heterocycles. The normalized spacial score (nSPS) is 10.8. The summed E-state index contributed by atoms with van der Waals surface area (Å²) in [4.78, 5) is 16.4. The van der Waals surface area contributed by atoms with Crippen molar-refractivity contribution in [3.05, 3.63) is 23.0 Å². The average Bonchev–Trinajstić information content (AvgIpc) is 3.20. The molecular formula is C11H11N7OS3. The molecule has 0 aromatic carbocycles. The van der Waals surface area contributed by atoms with Crippen LogP contribution in [-0.2, 0) is 0 Å². The summed E-state index contributed by atoms with van der Waals surface area (Å²) in [6.07, 6.45) is 1.68. The van der Waals surface area contributed by atoms with Gasteiger partial charge >= 0.3 is 0 Å². The van der Waals surface area contributed by atoms with Crippen LogP contribution in [0, 0.1) is 6.92 Å². The van der Waals surface area contributed by atoms with Crippen LogP contribution in [0.15, 0.2) is 15.9 Å². The molecule has 0 spiro atoms. The summed E-state index contributed by atoms with van der Waals surface area (Å²) in [6.45, 7) is 3.80. The first-order valence-corrected chi connectivity index (χ1v) is 8.97. The number of thiazole rings is 1. The van der Waals surface area contributed by atoms with Crippen LogP contribution in [0.3, 0.4) is 0 Å². The van der Waals surface area contributed by atoms with Crippen molar-refractivity contribution in [3.63, 3.8) is 0 Å². The summed E-state index contributed by atoms with van der Waals surface area (Å²) in [5.41, 5.74) is 0.871. The van der Waals surface area contributed by atoms with E-state index in [-0.39, 0.29) is 11.6 Å². The molecule has 11 heteroatoms. The summed E-state index contributed by atoms with van der Waals surface area (Å²) in [7, 11) is 0. The smallest absolute Gasteiger partial charge is 0.279 e. The molecule has 114 valence electrons. The van der Waals surface area contributed by atoms with E-state index in [0.717, 1.165) is 10.1 Å². The van der Waals surface area contributed by atoms with Gasteiger partial charge in [-0.05, 0) is 12.7 Å². The van der Waals surface area contributed by atoms with Crippen molar-refractivity contribution in [2.24, 2.45) is 0 Å². The van der Waals surface area contributed by atoms with Crippen molar-refractivity contribution in [2.75, 3.05) is 11.1 Å². The first kappa shape index (κ1) is 15.1. The fourth-order valence-electron chi connectivity index (χ4n) is 1.64. The van der Waals surface area contributed by atoms with Gasteiger partial charge in [0.15, 0.2) is 10.0 Å². The maximum absolute atomic E-state index is 12.3. The van der Waals surface area contributed by atoms with E-state index < -0.39 is 0 Å². The number of thioether (sulfide) groups is 1. The summed E-state index contributed by atoms with van der Waals surface area (Å²) < 4.78 is 2.36. The van der Waals surface area contributed by atoms with Gasteiger partial charge in [-0.25, -0.2) is 4.98 Å². The second kappa shape index (κ2) is 6.50. The quantitative estimate of drug-likeness (QED) is 0.555. The summed E-state index contributed by atoms with van der Waals surface area (Å²) in [6, 6.07) is 0. The van der Waals surface area contributed by atoms with Crippen LogP contribution in [0.1, 0.15) is 23.1 Å². The lowest BCUT2D eigenvalue weighted by Gasteiger charge is -1.99. The van der Waals surface area contributed by atoms with E-state index in [1.165, 1.54) is 27.4 Å². The number of carbonyl (C=O) groups is 1. The second-order valence-electron chi connectivity index (χ2n) is 4.01. The molecule has 0 saturated carbocycles. The number of nitrogens with one attached hydrogen (secondary N) is 1. The number of carbonyl (C=O) groups excluding carboxylic acids is 1. The van der Waals surface area contributed by atoms with E-state index in [4.69, 9.17) is 0 Å². The van der Waals surface area contributed by atoms with Crippen molar-refractivity contribution in [1.82, 2.24) is 30.2 Å². The van der Waals surface area contributed by atoms with E-state index in [9.17, 15) is 4.79 Å². The van der Waals surface area contributed by atoms with E-state index in [2.05, 4.69) is 30.8 Å². The number of rotatable bonds is 5. The molecule has 8 nitrogen and oxygen atoms in total. The Morgan fingerprint density at radius 2 is 2.27 bits per heavy atom. The van der Waals surface area contributed by atoms with Gasteiger partial charge in [0.1, 0.15) is 0 Å². The van der Waals surface area contributed by atoms with Crippen LogP contribution in [0.2, 0.25) is 0 Å². The molecule has 3 heterocycles. The van der Waals surface area contributed by atoms with Crippen LogP contribution in [-0.4, -0.2) is 41.8 Å². The Hall–Kier alpha value is -1.85. The van der Waals surface area contributed by atoms with Crippen molar-refractivity contribution < 1.29 is 4.79 Å². The van der Waals surface area contributed by atoms with E-state index >= 15 is 0 Å². The first-order chi connectivity index (χ1) is 10.7. The fourth-order valence-corrected chi connectivity index (χ4v) is 3.92. The maximum Gasteiger partial charge on any atom is 0.279 e. The van der Waals surface area contributed by atoms with Gasteiger partial charge in [0.2, 0.25) is 10.3 Å². The van der Waals surface area contributed by atoms with Crippen LogP contribution >= 0.6 is 34.4 Å². The molecule has 1 amide bonds. The molecule has 22 heavy (non-hydrogen) atoms. The molecule has 0 aliphatic rings. The number of hydrogen-bond acceptors (Lipinski definition) is 9. The SMILES string of the molecule is CCSc1nnc(NC(=O)c2nnn(-c3nccs3)c2C)s1. The van der Waals surface area contributed by atoms with Gasteiger partial charge in [-0.3, -0.25) is 10.1 Å². The molecule has 3 rings (SSSR count). The Balaban J connectivity index is 1.77. The Kier molecular flexibility index (Phi) is 4.45. The fraction of sp³-hybridized carbons (Fsp3) is 0.273. The minimum absolute atomic E-state index is 0.245. The number of nitrogens with zero attached hydrogens (tertiary/aromatic N) is 6. The largest absolute Gasteiger partial charge is 0.295 e. The maximum atomic E-state index is 12.3. The first-order valence-electron chi connectivity index (χ1n) is 6.29. The average molecular weight is 353 g/mol. The lowest BCUT2D eigenvalue weighted by Crippen LogP contribution is -2.14. The van der Waals surface area contributed by atoms with Crippen LogP contribution < -0.4 is 5.32 Å². The number of hydrogen-bond donors (Lipinski definition) is 1. The van der Waals surface area contributed by atoms with E-state index in [0.29, 0.717) is 16.0 Å². The topological polar surface area (TPSA) is 98.5 Å². The molecule has 0 unspecified atom stereocenters. The van der Waals surface area contributed by atoms with Gasteiger partial charge in [0.25, 0.3) is 5.91 Å². The monoisotopic (exact) mass is 353 g/mol. The minimum Gasteiger partial charge on any atom is -0.295 e. The Morgan fingerprint density at radius 3 is 3.00 bits per heavy atom. The highest BCUT2D eigenvalue weighted by Gasteiger charge is 2.19. The third-order valence-electron chi connectivity index (χ3n) is 2.60. The Morgan fingerprint density at radius 1 is 1.41 bits per heavy atom. The third kappa shape index (κ3) is 3.00. The van der Waals surface area contributed by atoms with Crippen molar-refractivity contribution in [3.8, 4) is 5.13 Å². The molecule has 0 aliphatic carbocycles. The molecule has 1 N–H and O–H groups in total. The standard InChI is InChI=1S/C11H11N7OS3/c1-3-20-11-16-15-9(22-11)13-8(19)7-6(2)18(17-14-7)10-12-4-5-21-10/h4-5H,3H2,1-2H3,(H,13,15,19). The zero-order valence-electron chi connectivity index (χ0n) is 11.7. The Bertz CT molecular complexity index is 780. The summed E-state index contributed by atoms with van der Waals surface area (Å²) in [5.74, 6) is 0.550. The van der Waals surface area contributed by atoms with E-state index in [1.807, 2.05) is 12.3 Å². The van der Waals surface area contributed by atoms with Gasteiger partial charge in [0.05, 0.1) is 5.69 Å². The van der Waals surface area contributed by atoms with Gasteiger partial charge < -0.3 is 0 Å². The molecule has 0 saturated heterocycles. The molecular weight excluding hydrogens is 342 g/mol. The van der Waals surface area contributed by atoms with Crippen LogP contribution in [0.5, 0.6) is 0 Å². The van der Waals surface area contributed by atoms with Crippen LogP contribution in [0.4, 0.5) is 5.13 Å². The van der Waals surface area contributed by atoms with Crippen molar-refractivity contribution in [2.45, 2.75) is 18.2 Å². The number of aromatic nitrogens is 6. The van der Waals surface area contributed by atoms with Crippen molar-refractivity contribution in [1.29, 1.82) is 0 Å². The number of amides is 1. The molecule has 0 atom stereocenters. The molecule has 0 aliphatic heterocycles. The zero-order chi connectivity index (χ0) is 15.5. The van der Waals surface area contributed by atoms with Gasteiger partial charge in [-0.1, -0.05) is 35.2 Å². The Labute approximate surface area is 138 Å². The van der Waals surface area contributed by atoms with Gasteiger partial charge in [-0.15, -0.1) is 26.6 Å². The molecule has 0 bridgehead atoms. The highest BCUT2D eigenvalue weighted by molar-refractivity contribution is 8.01. The predicted molar refractivity (Wildman–Crippen MR) is 86.0 cm³/mol. The molecule has 0 radical (unpaired) electrons. The predicted octanol–water partition coefficient (Wildman–Crippen LogP) is 2.25. The lowest BCUT2D eigenvalue weighted by atomic mass is 10.3. The van der Waals surface area contributed by atoms with Gasteiger partial charge in [0, 0.05) is 11.6 Å². The van der Waals surface area contributed by atoms with Crippen molar-refractivity contribution >= 4 is 45.5 Å². The van der Waals surface area contributed by atoms with E-state index in [1.54, 1.807) is 24.9 Å². The molecule has 0 fully saturated rings. The second-order valence-corrected chi connectivity index (χ2v) is 7.37. The minimum atomic E-state index is -0.357. The van der Waals surface area contributed by atoms with Crippen LogP contribution in [0.25, 0.3) is 5.13 Å². The third-order valence-corrected chi connectivity index (χ3v) is 5.21. The lowest BCUT2D eigenvalue weighted by molar-refractivity contribution is 0.102. The molecule has 3 aromatic rings. The highest BCUT2D eigenvalue weighted by Crippen LogP contribution is 2.25. The summed E-state index contributed by atoms with van der Waals surface area (Å²) in [5, 5.41) is 21.5. The highest BCUT2D eigenvalue weighted by atomic mass is 32.2.